The highest BCUT2D eigenvalue weighted by molar-refractivity contribution is 4.92. The van der Waals surface area contributed by atoms with Gasteiger partial charge in [0, 0.05) is 0 Å². The lowest BCUT2D eigenvalue weighted by Gasteiger charge is -2.29. The number of rotatable bonds is 2. The van der Waals surface area contributed by atoms with Gasteiger partial charge in [0.15, 0.2) is 0 Å². The van der Waals surface area contributed by atoms with Crippen LogP contribution in [0.5, 0.6) is 0 Å². The van der Waals surface area contributed by atoms with Crippen molar-refractivity contribution in [2.45, 2.75) is 54.4 Å². The molecule has 0 aliphatic heterocycles. The van der Waals surface area contributed by atoms with E-state index >= 15 is 0 Å². The van der Waals surface area contributed by atoms with Crippen molar-refractivity contribution in [3.8, 4) is 0 Å². The van der Waals surface area contributed by atoms with E-state index in [4.69, 9.17) is 0 Å². The minimum absolute atomic E-state index is 0.619. The van der Waals surface area contributed by atoms with Crippen molar-refractivity contribution in [3.63, 3.8) is 0 Å². The maximum Gasteiger partial charge on any atom is -0.0297 e. The molecule has 0 nitrogen and oxygen atoms in total. The molecule has 1 rings (SSSR count). The zero-order chi connectivity index (χ0) is 10.2. The molecule has 1 aliphatic carbocycles. The van der Waals surface area contributed by atoms with Gasteiger partial charge in [-0.25, -0.2) is 0 Å². The molecule has 0 aromatic heterocycles. The summed E-state index contributed by atoms with van der Waals surface area (Å²) in [5.74, 6) is 3.62. The minimum atomic E-state index is 0.619. The molecule has 3 atom stereocenters. The van der Waals surface area contributed by atoms with Crippen LogP contribution in [0.1, 0.15) is 54.4 Å². The highest BCUT2D eigenvalue weighted by Gasteiger charge is 2.42. The second kappa shape index (κ2) is 3.63. The molecule has 0 saturated heterocycles. The predicted molar refractivity (Wildman–Crippen MR) is 59.7 cm³/mol. The zero-order valence-corrected chi connectivity index (χ0v) is 10.2. The maximum atomic E-state index is 2.48. The van der Waals surface area contributed by atoms with Crippen LogP contribution in [0, 0.1) is 29.1 Å². The molecule has 0 heteroatoms. The Hall–Kier alpha value is 0. The Morgan fingerprint density at radius 3 is 1.85 bits per heavy atom. The summed E-state index contributed by atoms with van der Waals surface area (Å²) in [6.45, 7) is 14.5. The first kappa shape index (κ1) is 11.1. The topological polar surface area (TPSA) is 0 Å². The molecular weight excluding hydrogens is 156 g/mol. The Labute approximate surface area is 84.1 Å². The highest BCUT2D eigenvalue weighted by Crippen LogP contribution is 2.51. The van der Waals surface area contributed by atoms with Gasteiger partial charge >= 0.3 is 0 Å². The summed E-state index contributed by atoms with van der Waals surface area (Å²) in [4.78, 5) is 0. The maximum absolute atomic E-state index is 2.48. The molecule has 0 heterocycles. The first-order valence-electron chi connectivity index (χ1n) is 5.87. The van der Waals surface area contributed by atoms with Gasteiger partial charge in [-0.3, -0.25) is 0 Å². The van der Waals surface area contributed by atoms with Crippen molar-refractivity contribution in [2.24, 2.45) is 29.1 Å². The van der Waals surface area contributed by atoms with Crippen molar-refractivity contribution in [1.82, 2.24) is 0 Å². The standard InChI is InChI=1S/C13H26/c1-9(2)12-8-13(6,10(3)4)7-11(12)5/h9-12H,7-8H2,1-6H3. The molecule has 1 aliphatic rings. The van der Waals surface area contributed by atoms with E-state index in [9.17, 15) is 0 Å². The zero-order valence-electron chi connectivity index (χ0n) is 10.2. The Morgan fingerprint density at radius 1 is 1.08 bits per heavy atom. The van der Waals surface area contributed by atoms with Gasteiger partial charge in [0.05, 0.1) is 0 Å². The molecule has 0 radical (unpaired) electrons. The van der Waals surface area contributed by atoms with Crippen LogP contribution in [0.3, 0.4) is 0 Å². The van der Waals surface area contributed by atoms with Crippen LogP contribution in [0.2, 0.25) is 0 Å². The largest absolute Gasteiger partial charge is 0.0625 e. The molecule has 0 aromatic carbocycles. The Morgan fingerprint density at radius 2 is 1.62 bits per heavy atom. The summed E-state index contributed by atoms with van der Waals surface area (Å²) < 4.78 is 0. The van der Waals surface area contributed by atoms with E-state index in [-0.39, 0.29) is 0 Å². The summed E-state index contributed by atoms with van der Waals surface area (Å²) in [5.41, 5.74) is 0.619. The SMILES string of the molecule is CC(C)C1CC(C)(C(C)C)CC1C. The molecule has 3 unspecified atom stereocenters. The molecule has 13 heavy (non-hydrogen) atoms. The normalized spacial score (nSPS) is 40.6. The van der Waals surface area contributed by atoms with Gasteiger partial charge in [-0.1, -0.05) is 41.5 Å². The van der Waals surface area contributed by atoms with Crippen molar-refractivity contribution in [3.05, 3.63) is 0 Å². The molecule has 0 aromatic rings. The third-order valence-corrected chi connectivity index (χ3v) is 4.47. The van der Waals surface area contributed by atoms with E-state index in [0.29, 0.717) is 5.41 Å². The van der Waals surface area contributed by atoms with Crippen LogP contribution >= 0.6 is 0 Å². The lowest BCUT2D eigenvalue weighted by atomic mass is 9.76. The average Bonchev–Trinajstić information content (AvgIpc) is 2.28. The van der Waals surface area contributed by atoms with Crippen molar-refractivity contribution < 1.29 is 0 Å². The summed E-state index contributed by atoms with van der Waals surface area (Å²) in [6.07, 6.45) is 2.89. The van der Waals surface area contributed by atoms with Gasteiger partial charge in [-0.2, -0.15) is 0 Å². The number of hydrogen-bond acceptors (Lipinski definition) is 0. The van der Waals surface area contributed by atoms with Crippen LogP contribution in [0.25, 0.3) is 0 Å². The second-order valence-corrected chi connectivity index (χ2v) is 6.10. The Balaban J connectivity index is 2.69. The molecule has 0 bridgehead atoms. The summed E-state index contributed by atoms with van der Waals surface area (Å²) in [6, 6.07) is 0. The van der Waals surface area contributed by atoms with Gasteiger partial charge in [-0.15, -0.1) is 0 Å². The highest BCUT2D eigenvalue weighted by atomic mass is 14.5. The quantitative estimate of drug-likeness (QED) is 0.595. The van der Waals surface area contributed by atoms with Crippen LogP contribution < -0.4 is 0 Å². The van der Waals surface area contributed by atoms with E-state index < -0.39 is 0 Å². The third kappa shape index (κ3) is 2.08. The fourth-order valence-electron chi connectivity index (χ4n) is 3.07. The lowest BCUT2D eigenvalue weighted by molar-refractivity contribution is 0.208. The smallest absolute Gasteiger partial charge is 0.0297 e. The van der Waals surface area contributed by atoms with E-state index in [1.165, 1.54) is 12.8 Å². The molecule has 0 amide bonds. The second-order valence-electron chi connectivity index (χ2n) is 6.10. The first-order chi connectivity index (χ1) is 5.87. The van der Waals surface area contributed by atoms with Gasteiger partial charge in [0.1, 0.15) is 0 Å². The summed E-state index contributed by atoms with van der Waals surface area (Å²) in [5, 5.41) is 0. The fraction of sp³-hybridized carbons (Fsp3) is 1.00. The molecule has 0 spiro atoms. The van der Waals surface area contributed by atoms with Crippen LogP contribution in [0.15, 0.2) is 0 Å². The Bertz CT molecular complexity index is 169. The van der Waals surface area contributed by atoms with E-state index in [1.807, 2.05) is 0 Å². The van der Waals surface area contributed by atoms with Gasteiger partial charge in [0.2, 0.25) is 0 Å². The van der Waals surface area contributed by atoms with Gasteiger partial charge in [-0.05, 0) is 41.9 Å². The molecule has 1 saturated carbocycles. The number of hydrogen-bond donors (Lipinski definition) is 0. The molecule has 78 valence electrons. The average molecular weight is 182 g/mol. The molecular formula is C13H26. The van der Waals surface area contributed by atoms with E-state index in [0.717, 1.165) is 23.7 Å². The van der Waals surface area contributed by atoms with Crippen molar-refractivity contribution >= 4 is 0 Å². The Kier molecular flexibility index (Phi) is 3.09. The van der Waals surface area contributed by atoms with Gasteiger partial charge < -0.3 is 0 Å². The van der Waals surface area contributed by atoms with Crippen LogP contribution in [-0.4, -0.2) is 0 Å². The third-order valence-electron chi connectivity index (χ3n) is 4.47. The fourth-order valence-corrected chi connectivity index (χ4v) is 3.07. The molecule has 0 N–H and O–H groups in total. The van der Waals surface area contributed by atoms with Crippen molar-refractivity contribution in [2.75, 3.05) is 0 Å². The summed E-state index contributed by atoms with van der Waals surface area (Å²) >= 11 is 0. The minimum Gasteiger partial charge on any atom is -0.0625 e. The van der Waals surface area contributed by atoms with E-state index in [2.05, 4.69) is 41.5 Å². The van der Waals surface area contributed by atoms with E-state index in [1.54, 1.807) is 0 Å². The van der Waals surface area contributed by atoms with Gasteiger partial charge in [0.25, 0.3) is 0 Å². The summed E-state index contributed by atoms with van der Waals surface area (Å²) in [7, 11) is 0. The monoisotopic (exact) mass is 182 g/mol. The molecule has 1 fully saturated rings. The lowest BCUT2D eigenvalue weighted by Crippen LogP contribution is -2.20. The predicted octanol–water partition coefficient (Wildman–Crippen LogP) is 4.35. The van der Waals surface area contributed by atoms with Crippen LogP contribution in [0.4, 0.5) is 0 Å². The first-order valence-corrected chi connectivity index (χ1v) is 5.87. The van der Waals surface area contributed by atoms with Crippen LogP contribution in [-0.2, 0) is 0 Å². The van der Waals surface area contributed by atoms with Crippen molar-refractivity contribution in [1.29, 1.82) is 0 Å².